The molecule has 0 amide bonds. The molecule has 0 spiro atoms. The summed E-state index contributed by atoms with van der Waals surface area (Å²) >= 11 is 0. The van der Waals surface area contributed by atoms with Gasteiger partial charge >= 0.3 is 0 Å². The van der Waals surface area contributed by atoms with Gasteiger partial charge in [-0.3, -0.25) is 4.98 Å². The van der Waals surface area contributed by atoms with Crippen LogP contribution < -0.4 is 5.32 Å². The molecule has 1 N–H and O–H groups in total. The summed E-state index contributed by atoms with van der Waals surface area (Å²) < 4.78 is 1.73. The Kier molecular flexibility index (Phi) is 4.43. The minimum atomic E-state index is 0.706. The molecule has 0 atom stereocenters. The molecule has 0 radical (unpaired) electrons. The van der Waals surface area contributed by atoms with E-state index in [-0.39, 0.29) is 0 Å². The lowest BCUT2D eigenvalue weighted by Crippen LogP contribution is -2.18. The van der Waals surface area contributed by atoms with E-state index >= 15 is 0 Å². The quantitative estimate of drug-likeness (QED) is 0.550. The summed E-state index contributed by atoms with van der Waals surface area (Å²) in [5.41, 5.74) is 5.19. The number of benzene rings is 1. The summed E-state index contributed by atoms with van der Waals surface area (Å²) in [6, 6.07) is 18.4. The maximum atomic E-state index is 4.34. The van der Waals surface area contributed by atoms with E-state index in [1.165, 1.54) is 0 Å². The van der Waals surface area contributed by atoms with Gasteiger partial charge in [-0.25, -0.2) is 0 Å². The Bertz CT molecular complexity index is 949. The summed E-state index contributed by atoms with van der Waals surface area (Å²) in [6.45, 7) is 1.55. The van der Waals surface area contributed by atoms with Crippen molar-refractivity contribution in [1.29, 1.82) is 0 Å². The number of rotatable bonds is 6. The van der Waals surface area contributed by atoms with E-state index in [1.54, 1.807) is 4.52 Å². The summed E-state index contributed by atoms with van der Waals surface area (Å²) in [7, 11) is 0. The molecule has 0 unspecified atom stereocenters. The zero-order valence-electron chi connectivity index (χ0n) is 13.7. The average molecular weight is 330 g/mol. The summed E-state index contributed by atoms with van der Waals surface area (Å²) in [5, 5.41) is 15.5. The van der Waals surface area contributed by atoms with Gasteiger partial charge in [0.05, 0.1) is 0 Å². The molecule has 4 aromatic rings. The number of fused-ring (bicyclic) bond motifs is 1. The van der Waals surface area contributed by atoms with Crippen LogP contribution in [0.25, 0.3) is 16.8 Å². The van der Waals surface area contributed by atoms with Crippen LogP contribution in [0.2, 0.25) is 0 Å². The molecule has 0 saturated carbocycles. The molecule has 124 valence electrons. The number of hydrogen-bond donors (Lipinski definition) is 1. The van der Waals surface area contributed by atoms with Crippen molar-refractivity contribution >= 4 is 5.65 Å². The van der Waals surface area contributed by atoms with Crippen molar-refractivity contribution in [3.8, 4) is 11.1 Å². The van der Waals surface area contributed by atoms with E-state index in [1.807, 2.05) is 48.8 Å². The molecule has 0 aliphatic heterocycles. The maximum absolute atomic E-state index is 4.34. The van der Waals surface area contributed by atoms with Gasteiger partial charge < -0.3 is 5.32 Å². The van der Waals surface area contributed by atoms with Crippen molar-refractivity contribution in [2.24, 2.45) is 0 Å². The highest BCUT2D eigenvalue weighted by molar-refractivity contribution is 5.66. The van der Waals surface area contributed by atoms with Gasteiger partial charge in [0.1, 0.15) is 0 Å². The third-order valence-electron chi connectivity index (χ3n) is 4.08. The predicted octanol–water partition coefficient (Wildman–Crippen LogP) is 2.52. The van der Waals surface area contributed by atoms with E-state index in [0.29, 0.717) is 6.54 Å². The second-order valence-electron chi connectivity index (χ2n) is 5.81. The highest BCUT2D eigenvalue weighted by Crippen LogP contribution is 2.21. The number of hydrogen-bond acceptors (Lipinski definition) is 5. The van der Waals surface area contributed by atoms with Crippen LogP contribution in [-0.4, -0.2) is 31.6 Å². The van der Waals surface area contributed by atoms with Crippen molar-refractivity contribution in [1.82, 2.24) is 30.3 Å². The standard InChI is InChI=1S/C19H18N6/c1-2-6-15(7-3-1)17-12-16(19-22-23-24-25(19)14-17)13-20-11-9-18-8-4-5-10-21-18/h1-8,10,12,14,20H,9,11,13H2. The zero-order valence-corrected chi connectivity index (χ0v) is 13.7. The monoisotopic (exact) mass is 330 g/mol. The minimum absolute atomic E-state index is 0.706. The topological polar surface area (TPSA) is 68.0 Å². The Morgan fingerprint density at radius 1 is 0.960 bits per heavy atom. The van der Waals surface area contributed by atoms with Crippen LogP contribution in [0.1, 0.15) is 11.3 Å². The molecule has 3 aromatic heterocycles. The molecule has 1 aromatic carbocycles. The van der Waals surface area contributed by atoms with Crippen molar-refractivity contribution in [2.75, 3.05) is 6.54 Å². The first-order chi connectivity index (χ1) is 12.4. The molecular formula is C19H18N6. The van der Waals surface area contributed by atoms with E-state index < -0.39 is 0 Å². The predicted molar refractivity (Wildman–Crippen MR) is 95.9 cm³/mol. The van der Waals surface area contributed by atoms with Crippen LogP contribution >= 0.6 is 0 Å². The van der Waals surface area contributed by atoms with Gasteiger partial charge in [0.25, 0.3) is 0 Å². The Balaban J connectivity index is 1.51. The van der Waals surface area contributed by atoms with Crippen molar-refractivity contribution in [3.63, 3.8) is 0 Å². The number of aromatic nitrogens is 5. The summed E-state index contributed by atoms with van der Waals surface area (Å²) in [6.07, 6.45) is 4.67. The molecule has 0 bridgehead atoms. The van der Waals surface area contributed by atoms with Crippen LogP contribution in [0.3, 0.4) is 0 Å². The van der Waals surface area contributed by atoms with Gasteiger partial charge in [-0.1, -0.05) is 36.4 Å². The van der Waals surface area contributed by atoms with Gasteiger partial charge in [0.15, 0.2) is 5.65 Å². The fraction of sp³-hybridized carbons (Fsp3) is 0.158. The second-order valence-corrected chi connectivity index (χ2v) is 5.81. The molecule has 3 heterocycles. The molecule has 0 aliphatic carbocycles. The normalized spacial score (nSPS) is 11.0. The number of pyridine rings is 2. The second kappa shape index (κ2) is 7.19. The van der Waals surface area contributed by atoms with Crippen LogP contribution in [-0.2, 0) is 13.0 Å². The van der Waals surface area contributed by atoms with Gasteiger partial charge in [-0.05, 0) is 34.2 Å². The lowest BCUT2D eigenvalue weighted by Gasteiger charge is -2.08. The van der Waals surface area contributed by atoms with Gasteiger partial charge in [-0.15, -0.1) is 5.10 Å². The largest absolute Gasteiger partial charge is 0.312 e. The Labute approximate surface area is 145 Å². The first-order valence-electron chi connectivity index (χ1n) is 8.27. The number of nitrogens with zero attached hydrogens (tertiary/aromatic N) is 5. The first kappa shape index (κ1) is 15.4. The Morgan fingerprint density at radius 3 is 2.68 bits per heavy atom. The Morgan fingerprint density at radius 2 is 1.84 bits per heavy atom. The fourth-order valence-corrected chi connectivity index (χ4v) is 2.82. The molecule has 0 fully saturated rings. The smallest absolute Gasteiger partial charge is 0.183 e. The first-order valence-corrected chi connectivity index (χ1v) is 8.27. The minimum Gasteiger partial charge on any atom is -0.312 e. The van der Waals surface area contributed by atoms with Crippen molar-refractivity contribution < 1.29 is 0 Å². The highest BCUT2D eigenvalue weighted by atomic mass is 15.5. The van der Waals surface area contributed by atoms with Crippen molar-refractivity contribution in [3.05, 3.63) is 78.2 Å². The Hall–Kier alpha value is -3.12. The third kappa shape index (κ3) is 3.54. The fourth-order valence-electron chi connectivity index (χ4n) is 2.82. The van der Waals surface area contributed by atoms with Gasteiger partial charge in [0.2, 0.25) is 0 Å². The SMILES string of the molecule is c1ccc(-c2cc(CNCCc3ccccn3)c3nnnn3c2)cc1. The van der Waals surface area contributed by atoms with E-state index in [2.05, 4.69) is 44.0 Å². The number of tetrazole rings is 1. The highest BCUT2D eigenvalue weighted by Gasteiger charge is 2.09. The lowest BCUT2D eigenvalue weighted by molar-refractivity contribution is 0.679. The van der Waals surface area contributed by atoms with Crippen LogP contribution in [0.4, 0.5) is 0 Å². The molecule has 4 rings (SSSR count). The van der Waals surface area contributed by atoms with Gasteiger partial charge in [-0.2, -0.15) is 4.52 Å². The average Bonchev–Trinajstić information content (AvgIpc) is 3.15. The lowest BCUT2D eigenvalue weighted by atomic mass is 10.1. The number of nitrogens with one attached hydrogen (secondary N) is 1. The summed E-state index contributed by atoms with van der Waals surface area (Å²) in [4.78, 5) is 4.34. The van der Waals surface area contributed by atoms with Crippen LogP contribution in [0.15, 0.2) is 67.0 Å². The van der Waals surface area contributed by atoms with Crippen LogP contribution in [0, 0.1) is 0 Å². The van der Waals surface area contributed by atoms with E-state index in [0.717, 1.165) is 41.0 Å². The zero-order chi connectivity index (χ0) is 16.9. The molecular weight excluding hydrogens is 312 g/mol. The van der Waals surface area contributed by atoms with E-state index in [4.69, 9.17) is 0 Å². The third-order valence-corrected chi connectivity index (χ3v) is 4.08. The summed E-state index contributed by atoms with van der Waals surface area (Å²) in [5.74, 6) is 0. The molecule has 0 aliphatic rings. The maximum Gasteiger partial charge on any atom is 0.183 e. The van der Waals surface area contributed by atoms with E-state index in [9.17, 15) is 0 Å². The molecule has 6 nitrogen and oxygen atoms in total. The molecule has 6 heteroatoms. The molecule has 0 saturated heterocycles. The molecule has 25 heavy (non-hydrogen) atoms. The van der Waals surface area contributed by atoms with Crippen LogP contribution in [0.5, 0.6) is 0 Å². The van der Waals surface area contributed by atoms with Gasteiger partial charge in [0, 0.05) is 48.7 Å². The van der Waals surface area contributed by atoms with Crippen molar-refractivity contribution in [2.45, 2.75) is 13.0 Å².